The molecule has 1 radical (unpaired) electrons. The molecule has 0 saturated heterocycles. The molecule has 0 fully saturated rings. The fourth-order valence-corrected chi connectivity index (χ4v) is 1.34. The highest BCUT2D eigenvalue weighted by molar-refractivity contribution is 7.11. The minimum Gasteiger partial charge on any atom is -0.460 e. The minimum absolute atomic E-state index is 0.331. The maximum Gasteiger partial charge on any atom is 0.367 e. The Bertz CT molecular complexity index is 246. The van der Waals surface area contributed by atoms with Crippen molar-refractivity contribution in [3.8, 4) is 0 Å². The highest BCUT2D eigenvalue weighted by atomic mass is 32.1. The molecule has 71 valence electrons. The Balaban J connectivity index is 2.19. The van der Waals surface area contributed by atoms with Crippen molar-refractivity contribution < 1.29 is 9.53 Å². The van der Waals surface area contributed by atoms with Crippen molar-refractivity contribution in [2.24, 2.45) is 0 Å². The van der Waals surface area contributed by atoms with Crippen LogP contribution in [0.4, 0.5) is 0 Å². The van der Waals surface area contributed by atoms with E-state index in [9.17, 15) is 4.79 Å². The van der Waals surface area contributed by atoms with Gasteiger partial charge >= 0.3 is 5.97 Å². The zero-order valence-corrected chi connectivity index (χ0v) is 8.39. The maximum atomic E-state index is 11.2. The van der Waals surface area contributed by atoms with Crippen LogP contribution in [0.5, 0.6) is 0 Å². The number of esters is 1. The number of nitrogens with zero attached hydrogens (tertiary/aromatic N) is 1. The summed E-state index contributed by atoms with van der Waals surface area (Å²) < 4.78 is 4.98. The predicted molar refractivity (Wildman–Crippen MR) is 50.8 cm³/mol. The summed E-state index contributed by atoms with van der Waals surface area (Å²) in [5.74, 6) is -0.331. The Morgan fingerprint density at radius 3 is 3.15 bits per heavy atom. The van der Waals surface area contributed by atoms with Gasteiger partial charge in [0.15, 0.2) is 0 Å². The van der Waals surface area contributed by atoms with E-state index < -0.39 is 0 Å². The van der Waals surface area contributed by atoms with Crippen LogP contribution in [0, 0.1) is 6.20 Å². The molecular formula is C9H12NO2S. The van der Waals surface area contributed by atoms with Gasteiger partial charge in [-0.2, -0.15) is 0 Å². The number of aromatic nitrogens is 1. The number of hydrogen-bond acceptors (Lipinski definition) is 4. The summed E-state index contributed by atoms with van der Waals surface area (Å²) in [5, 5.41) is 2.03. The standard InChI is InChI=1S/C9H12NO2S/c1-2-3-4-6-12-9(11)8-10-5-7-13-8/h7H,2-4,6H2,1H3. The molecule has 0 aliphatic heterocycles. The molecule has 3 nitrogen and oxygen atoms in total. The lowest BCUT2D eigenvalue weighted by Crippen LogP contribution is -2.05. The van der Waals surface area contributed by atoms with Gasteiger partial charge in [-0.15, -0.1) is 11.3 Å². The molecule has 0 spiro atoms. The van der Waals surface area contributed by atoms with Crippen molar-refractivity contribution in [2.75, 3.05) is 6.61 Å². The fraction of sp³-hybridized carbons (Fsp3) is 0.556. The molecule has 1 rings (SSSR count). The second-order valence-electron chi connectivity index (χ2n) is 2.62. The monoisotopic (exact) mass is 198 g/mol. The second-order valence-corrected chi connectivity index (χ2v) is 3.48. The quantitative estimate of drug-likeness (QED) is 0.538. The van der Waals surface area contributed by atoms with Gasteiger partial charge in [-0.05, 0) is 6.42 Å². The van der Waals surface area contributed by atoms with E-state index in [1.54, 1.807) is 5.38 Å². The molecule has 0 saturated carbocycles. The summed E-state index contributed by atoms with van der Waals surface area (Å²) >= 11 is 1.25. The maximum absolute atomic E-state index is 11.2. The van der Waals surface area contributed by atoms with Crippen molar-refractivity contribution in [3.63, 3.8) is 0 Å². The Morgan fingerprint density at radius 2 is 2.54 bits per heavy atom. The third kappa shape index (κ3) is 3.55. The number of ether oxygens (including phenoxy) is 1. The predicted octanol–water partition coefficient (Wildman–Crippen LogP) is 2.29. The van der Waals surface area contributed by atoms with E-state index in [0.717, 1.165) is 19.3 Å². The van der Waals surface area contributed by atoms with Crippen LogP contribution in [0.3, 0.4) is 0 Å². The van der Waals surface area contributed by atoms with Gasteiger partial charge in [0.2, 0.25) is 5.01 Å². The van der Waals surface area contributed by atoms with Crippen LogP contribution in [0.25, 0.3) is 0 Å². The van der Waals surface area contributed by atoms with Gasteiger partial charge in [-0.1, -0.05) is 19.8 Å². The molecule has 13 heavy (non-hydrogen) atoms. The molecule has 0 bridgehead atoms. The van der Waals surface area contributed by atoms with Crippen molar-refractivity contribution in [3.05, 3.63) is 16.6 Å². The lowest BCUT2D eigenvalue weighted by atomic mass is 10.3. The number of carbonyl (C=O) groups excluding carboxylic acids is 1. The van der Waals surface area contributed by atoms with Gasteiger partial charge in [-0.3, -0.25) is 0 Å². The first kappa shape index (κ1) is 10.2. The first-order valence-corrected chi connectivity index (χ1v) is 5.21. The van der Waals surface area contributed by atoms with E-state index in [-0.39, 0.29) is 5.97 Å². The highest BCUT2D eigenvalue weighted by Gasteiger charge is 2.08. The molecule has 1 aromatic heterocycles. The lowest BCUT2D eigenvalue weighted by Gasteiger charge is -2.00. The number of rotatable bonds is 5. The highest BCUT2D eigenvalue weighted by Crippen LogP contribution is 2.05. The van der Waals surface area contributed by atoms with Gasteiger partial charge in [-0.25, -0.2) is 9.78 Å². The summed E-state index contributed by atoms with van der Waals surface area (Å²) in [6.07, 6.45) is 5.73. The Kier molecular flexibility index (Phi) is 4.46. The van der Waals surface area contributed by atoms with E-state index >= 15 is 0 Å². The third-order valence-electron chi connectivity index (χ3n) is 1.55. The van der Waals surface area contributed by atoms with Crippen LogP contribution < -0.4 is 0 Å². The van der Waals surface area contributed by atoms with Gasteiger partial charge < -0.3 is 4.74 Å². The Hall–Kier alpha value is -0.900. The largest absolute Gasteiger partial charge is 0.460 e. The van der Waals surface area contributed by atoms with Gasteiger partial charge in [0.25, 0.3) is 0 Å². The first-order chi connectivity index (χ1) is 6.34. The number of carbonyl (C=O) groups is 1. The molecule has 0 N–H and O–H groups in total. The smallest absolute Gasteiger partial charge is 0.367 e. The van der Waals surface area contributed by atoms with Crippen molar-refractivity contribution >= 4 is 17.3 Å². The summed E-state index contributed by atoms with van der Waals surface area (Å²) in [7, 11) is 0. The summed E-state index contributed by atoms with van der Waals surface area (Å²) in [4.78, 5) is 14.9. The van der Waals surface area contributed by atoms with Crippen LogP contribution in [0.1, 0.15) is 36.0 Å². The zero-order chi connectivity index (χ0) is 9.52. The molecule has 4 heteroatoms. The van der Waals surface area contributed by atoms with Crippen LogP contribution in [0.15, 0.2) is 5.38 Å². The Morgan fingerprint density at radius 1 is 1.69 bits per heavy atom. The SMILES string of the molecule is CCCCCOC(=O)c1n[c]cs1. The second kappa shape index (κ2) is 5.70. The van der Waals surface area contributed by atoms with Crippen LogP contribution in [-0.4, -0.2) is 17.6 Å². The van der Waals surface area contributed by atoms with E-state index in [1.165, 1.54) is 11.3 Å². The van der Waals surface area contributed by atoms with E-state index in [0.29, 0.717) is 11.6 Å². The lowest BCUT2D eigenvalue weighted by molar-refractivity contribution is 0.0497. The van der Waals surface area contributed by atoms with E-state index in [1.807, 2.05) is 0 Å². The molecule has 0 aromatic carbocycles. The molecular weight excluding hydrogens is 186 g/mol. The molecule has 1 aromatic rings. The average Bonchev–Trinajstić information content (AvgIpc) is 2.65. The molecule has 0 amide bonds. The fourth-order valence-electron chi connectivity index (χ4n) is 0.866. The summed E-state index contributed by atoms with van der Waals surface area (Å²) in [6.45, 7) is 2.60. The molecule has 0 aliphatic carbocycles. The van der Waals surface area contributed by atoms with Gasteiger partial charge in [0.1, 0.15) is 6.20 Å². The molecule has 1 heterocycles. The third-order valence-corrected chi connectivity index (χ3v) is 2.25. The number of unbranched alkanes of at least 4 members (excludes halogenated alkanes) is 2. The molecule has 0 atom stereocenters. The molecule has 0 unspecified atom stereocenters. The molecule has 0 aliphatic rings. The zero-order valence-electron chi connectivity index (χ0n) is 7.58. The van der Waals surface area contributed by atoms with Gasteiger partial charge in [0.05, 0.1) is 6.61 Å². The van der Waals surface area contributed by atoms with Crippen LogP contribution in [0.2, 0.25) is 0 Å². The first-order valence-electron chi connectivity index (χ1n) is 4.33. The summed E-state index contributed by atoms with van der Waals surface area (Å²) in [6, 6.07) is 0. The minimum atomic E-state index is -0.331. The van der Waals surface area contributed by atoms with Crippen molar-refractivity contribution in [1.82, 2.24) is 4.98 Å². The van der Waals surface area contributed by atoms with Crippen LogP contribution in [-0.2, 0) is 4.74 Å². The van der Waals surface area contributed by atoms with Gasteiger partial charge in [0, 0.05) is 5.38 Å². The van der Waals surface area contributed by atoms with E-state index in [2.05, 4.69) is 18.1 Å². The topological polar surface area (TPSA) is 39.2 Å². The van der Waals surface area contributed by atoms with Crippen LogP contribution >= 0.6 is 11.3 Å². The van der Waals surface area contributed by atoms with Crippen molar-refractivity contribution in [2.45, 2.75) is 26.2 Å². The van der Waals surface area contributed by atoms with E-state index in [4.69, 9.17) is 4.74 Å². The average molecular weight is 198 g/mol. The summed E-state index contributed by atoms with van der Waals surface area (Å²) in [5.41, 5.74) is 0. The normalized spacial score (nSPS) is 9.92. The number of thiazole rings is 1. The van der Waals surface area contributed by atoms with Crippen molar-refractivity contribution in [1.29, 1.82) is 0 Å². The number of hydrogen-bond donors (Lipinski definition) is 0. The Labute approximate surface area is 81.8 Å².